The molecule has 0 radical (unpaired) electrons. The van der Waals surface area contributed by atoms with Crippen molar-refractivity contribution in [1.82, 2.24) is 10.6 Å². The molecule has 1 heterocycles. The number of rotatable bonds is 9. The highest BCUT2D eigenvalue weighted by Crippen LogP contribution is 2.32. The zero-order chi connectivity index (χ0) is 21.3. The molecule has 0 spiro atoms. The van der Waals surface area contributed by atoms with Crippen molar-refractivity contribution in [2.24, 2.45) is 16.6 Å². The number of amides is 1. The fourth-order valence-electron chi connectivity index (χ4n) is 3.13. The molecule has 7 nitrogen and oxygen atoms in total. The van der Waals surface area contributed by atoms with Gasteiger partial charge in [-0.2, -0.15) is 0 Å². The highest BCUT2D eigenvalue weighted by atomic mass is 19.1. The molecule has 4 N–H and O–H groups in total. The van der Waals surface area contributed by atoms with Crippen molar-refractivity contribution in [2.45, 2.75) is 19.8 Å². The molecule has 1 unspecified atom stereocenters. The smallest absolute Gasteiger partial charge is 0.231 e. The average molecular weight is 414 g/mol. The molecular weight excluding hydrogens is 387 g/mol. The standard InChI is InChI=1S/C22H27FN4O3/c1-2-25-22(26-10-9-16-5-8-19-20(12-16)30-14-29-19)27-13-17(21(24)28)11-15-3-6-18(23)7-4-15/h3-8,12,17H,2,9-11,13-14H2,1H3,(H2,24,28)(H2,25,26,27). The van der Waals surface area contributed by atoms with Gasteiger partial charge in [-0.25, -0.2) is 4.39 Å². The zero-order valence-electron chi connectivity index (χ0n) is 17.0. The normalized spacial score (nSPS) is 13.7. The molecule has 30 heavy (non-hydrogen) atoms. The Morgan fingerprint density at radius 2 is 1.87 bits per heavy atom. The summed E-state index contributed by atoms with van der Waals surface area (Å²) < 4.78 is 23.8. The number of nitrogens with two attached hydrogens (primary N) is 1. The van der Waals surface area contributed by atoms with Crippen LogP contribution < -0.4 is 25.8 Å². The number of ether oxygens (including phenoxy) is 2. The van der Waals surface area contributed by atoms with Crippen molar-refractivity contribution in [1.29, 1.82) is 0 Å². The number of carbonyl (C=O) groups excluding carboxylic acids is 1. The van der Waals surface area contributed by atoms with Crippen LogP contribution in [0, 0.1) is 11.7 Å². The molecule has 0 saturated carbocycles. The number of carbonyl (C=O) groups is 1. The summed E-state index contributed by atoms with van der Waals surface area (Å²) in [6.07, 6.45) is 1.19. The minimum absolute atomic E-state index is 0.242. The molecule has 0 bridgehead atoms. The first-order chi connectivity index (χ1) is 14.5. The van der Waals surface area contributed by atoms with E-state index in [0.29, 0.717) is 25.5 Å². The predicted molar refractivity (Wildman–Crippen MR) is 113 cm³/mol. The number of hydrogen-bond donors (Lipinski definition) is 3. The third-order valence-electron chi connectivity index (χ3n) is 4.75. The van der Waals surface area contributed by atoms with Crippen LogP contribution in [0.1, 0.15) is 18.1 Å². The molecule has 2 aromatic carbocycles. The predicted octanol–water partition coefficient (Wildman–Crippen LogP) is 2.00. The lowest BCUT2D eigenvalue weighted by molar-refractivity contribution is -0.121. The number of primary amides is 1. The van der Waals surface area contributed by atoms with E-state index in [2.05, 4.69) is 15.6 Å². The van der Waals surface area contributed by atoms with E-state index in [1.54, 1.807) is 12.1 Å². The second-order valence-corrected chi connectivity index (χ2v) is 7.01. The van der Waals surface area contributed by atoms with Crippen molar-refractivity contribution in [2.75, 3.05) is 26.4 Å². The van der Waals surface area contributed by atoms with Crippen LogP contribution in [-0.2, 0) is 17.6 Å². The van der Waals surface area contributed by atoms with Crippen molar-refractivity contribution < 1.29 is 18.7 Å². The Morgan fingerprint density at radius 1 is 1.13 bits per heavy atom. The van der Waals surface area contributed by atoms with Crippen LogP contribution in [0.15, 0.2) is 47.5 Å². The zero-order valence-corrected chi connectivity index (χ0v) is 17.0. The molecule has 0 aromatic heterocycles. The molecule has 8 heteroatoms. The Hall–Kier alpha value is -3.29. The van der Waals surface area contributed by atoms with E-state index in [4.69, 9.17) is 15.2 Å². The SMILES string of the molecule is CCNC(=NCC(Cc1ccc(F)cc1)C(N)=O)NCCc1ccc2c(c1)OCO2. The molecule has 1 amide bonds. The van der Waals surface area contributed by atoms with Crippen LogP contribution in [0.3, 0.4) is 0 Å². The van der Waals surface area contributed by atoms with Gasteiger partial charge in [0.1, 0.15) is 5.82 Å². The lowest BCUT2D eigenvalue weighted by atomic mass is 9.99. The Balaban J connectivity index is 1.55. The van der Waals surface area contributed by atoms with Crippen LogP contribution in [0.25, 0.3) is 0 Å². The topological polar surface area (TPSA) is 98.0 Å². The highest BCUT2D eigenvalue weighted by molar-refractivity contribution is 5.81. The summed E-state index contributed by atoms with van der Waals surface area (Å²) in [6.45, 7) is 3.82. The molecule has 1 aliphatic rings. The quantitative estimate of drug-likeness (QED) is 0.431. The van der Waals surface area contributed by atoms with Gasteiger partial charge in [-0.3, -0.25) is 9.79 Å². The maximum atomic E-state index is 13.1. The summed E-state index contributed by atoms with van der Waals surface area (Å²) in [6, 6.07) is 11.9. The summed E-state index contributed by atoms with van der Waals surface area (Å²) in [5.74, 6) is 0.926. The molecular formula is C22H27FN4O3. The largest absolute Gasteiger partial charge is 0.454 e. The first-order valence-corrected chi connectivity index (χ1v) is 9.99. The third-order valence-corrected chi connectivity index (χ3v) is 4.75. The minimum Gasteiger partial charge on any atom is -0.454 e. The van der Waals surface area contributed by atoms with Gasteiger partial charge in [-0.05, 0) is 55.2 Å². The van der Waals surface area contributed by atoms with Gasteiger partial charge in [-0.15, -0.1) is 0 Å². The van der Waals surface area contributed by atoms with E-state index < -0.39 is 11.8 Å². The van der Waals surface area contributed by atoms with Gasteiger partial charge in [0.15, 0.2) is 17.5 Å². The van der Waals surface area contributed by atoms with E-state index in [0.717, 1.165) is 29.0 Å². The van der Waals surface area contributed by atoms with Crippen molar-refractivity contribution >= 4 is 11.9 Å². The monoisotopic (exact) mass is 414 g/mol. The summed E-state index contributed by atoms with van der Waals surface area (Å²) >= 11 is 0. The van der Waals surface area contributed by atoms with Gasteiger partial charge in [0.25, 0.3) is 0 Å². The summed E-state index contributed by atoms with van der Waals surface area (Å²) in [5.41, 5.74) is 7.51. The molecule has 160 valence electrons. The van der Waals surface area contributed by atoms with Crippen LogP contribution in [0.5, 0.6) is 11.5 Å². The lowest BCUT2D eigenvalue weighted by Crippen LogP contribution is -2.39. The van der Waals surface area contributed by atoms with Crippen molar-refractivity contribution in [3.05, 3.63) is 59.4 Å². The maximum Gasteiger partial charge on any atom is 0.231 e. The Labute approximate surface area is 175 Å². The maximum absolute atomic E-state index is 13.1. The first kappa shape index (κ1) is 21.4. The number of halogens is 1. The molecule has 3 rings (SSSR count). The van der Waals surface area contributed by atoms with Gasteiger partial charge in [0, 0.05) is 13.1 Å². The Kier molecular flexibility index (Phi) is 7.48. The molecule has 2 aromatic rings. The third kappa shape index (κ3) is 6.10. The van der Waals surface area contributed by atoms with Crippen LogP contribution in [0.2, 0.25) is 0 Å². The number of aliphatic imine (C=N–C) groups is 1. The fraction of sp³-hybridized carbons (Fsp3) is 0.364. The summed E-state index contributed by atoms with van der Waals surface area (Å²) in [7, 11) is 0. The van der Waals surface area contributed by atoms with Crippen molar-refractivity contribution in [3.63, 3.8) is 0 Å². The molecule has 0 fully saturated rings. The van der Waals surface area contributed by atoms with E-state index in [1.807, 2.05) is 25.1 Å². The molecule has 1 atom stereocenters. The minimum atomic E-state index is -0.472. The highest BCUT2D eigenvalue weighted by Gasteiger charge is 2.16. The second-order valence-electron chi connectivity index (χ2n) is 7.01. The second kappa shape index (κ2) is 10.5. The van der Waals surface area contributed by atoms with E-state index >= 15 is 0 Å². The molecule has 0 aliphatic carbocycles. The Bertz CT molecular complexity index is 886. The van der Waals surface area contributed by atoms with Gasteiger partial charge >= 0.3 is 0 Å². The number of nitrogens with one attached hydrogen (secondary N) is 2. The average Bonchev–Trinajstić information content (AvgIpc) is 3.20. The Morgan fingerprint density at radius 3 is 2.60 bits per heavy atom. The van der Waals surface area contributed by atoms with Crippen LogP contribution in [0.4, 0.5) is 4.39 Å². The summed E-state index contributed by atoms with van der Waals surface area (Å²) in [4.78, 5) is 16.4. The van der Waals surface area contributed by atoms with Gasteiger partial charge in [0.05, 0.1) is 12.5 Å². The van der Waals surface area contributed by atoms with Crippen molar-refractivity contribution in [3.8, 4) is 11.5 Å². The number of nitrogens with zero attached hydrogens (tertiary/aromatic N) is 1. The molecule has 1 aliphatic heterocycles. The van der Waals surface area contributed by atoms with E-state index in [1.165, 1.54) is 12.1 Å². The van der Waals surface area contributed by atoms with Gasteiger partial charge < -0.3 is 25.8 Å². The lowest BCUT2D eigenvalue weighted by Gasteiger charge is -2.15. The number of hydrogen-bond acceptors (Lipinski definition) is 4. The van der Waals surface area contributed by atoms with Crippen LogP contribution in [-0.4, -0.2) is 38.3 Å². The van der Waals surface area contributed by atoms with E-state index in [-0.39, 0.29) is 19.2 Å². The number of guanidine groups is 1. The first-order valence-electron chi connectivity index (χ1n) is 9.99. The molecule has 0 saturated heterocycles. The number of benzene rings is 2. The van der Waals surface area contributed by atoms with E-state index in [9.17, 15) is 9.18 Å². The number of fused-ring (bicyclic) bond motifs is 1. The van der Waals surface area contributed by atoms with Gasteiger partial charge in [-0.1, -0.05) is 18.2 Å². The fourth-order valence-corrected chi connectivity index (χ4v) is 3.13. The summed E-state index contributed by atoms with van der Waals surface area (Å²) in [5, 5.41) is 6.44. The van der Waals surface area contributed by atoms with Gasteiger partial charge in [0.2, 0.25) is 12.7 Å². The van der Waals surface area contributed by atoms with Crippen LogP contribution >= 0.6 is 0 Å².